The number of rotatable bonds is 6. The average Bonchev–Trinajstić information content (AvgIpc) is 2.95. The summed E-state index contributed by atoms with van der Waals surface area (Å²) in [6, 6.07) is 0. The molecule has 0 aliphatic carbocycles. The van der Waals surface area contributed by atoms with Crippen molar-refractivity contribution in [1.82, 2.24) is 15.1 Å². The Labute approximate surface area is 126 Å². The lowest BCUT2D eigenvalue weighted by atomic mass is 9.90. The topological polar surface area (TPSA) is 72.9 Å². The van der Waals surface area contributed by atoms with Gasteiger partial charge in [0.1, 0.15) is 0 Å². The normalized spacial score (nSPS) is 27.0. The van der Waals surface area contributed by atoms with Crippen molar-refractivity contribution in [3.8, 4) is 0 Å². The monoisotopic (exact) mass is 297 g/mol. The van der Waals surface area contributed by atoms with Crippen molar-refractivity contribution in [2.45, 2.75) is 44.6 Å². The number of carbonyl (C=O) groups excluding carboxylic acids is 1. The number of nitrogens with zero attached hydrogens (tertiary/aromatic N) is 2. The van der Waals surface area contributed by atoms with Crippen LogP contribution in [-0.2, 0) is 9.59 Å². The lowest BCUT2D eigenvalue weighted by molar-refractivity contribution is -0.141. The van der Waals surface area contributed by atoms with Gasteiger partial charge in [-0.05, 0) is 25.8 Å². The molecule has 0 bridgehead atoms. The predicted molar refractivity (Wildman–Crippen MR) is 80.1 cm³/mol. The van der Waals surface area contributed by atoms with Gasteiger partial charge in [-0.2, -0.15) is 0 Å². The van der Waals surface area contributed by atoms with Gasteiger partial charge in [-0.3, -0.25) is 14.5 Å². The van der Waals surface area contributed by atoms with Crippen LogP contribution >= 0.6 is 0 Å². The van der Waals surface area contributed by atoms with E-state index < -0.39 is 5.97 Å². The first-order chi connectivity index (χ1) is 10.1. The molecule has 1 unspecified atom stereocenters. The second-order valence-corrected chi connectivity index (χ2v) is 6.14. The van der Waals surface area contributed by atoms with Gasteiger partial charge in [0, 0.05) is 32.7 Å². The molecule has 0 aromatic rings. The van der Waals surface area contributed by atoms with Crippen LogP contribution in [0.3, 0.4) is 0 Å². The fourth-order valence-electron chi connectivity index (χ4n) is 3.47. The number of aliphatic carboxylic acids is 1. The van der Waals surface area contributed by atoms with Gasteiger partial charge in [0.25, 0.3) is 0 Å². The third-order valence-corrected chi connectivity index (χ3v) is 4.63. The molecular formula is C15H27N3O3. The van der Waals surface area contributed by atoms with Gasteiger partial charge >= 0.3 is 5.97 Å². The summed E-state index contributed by atoms with van der Waals surface area (Å²) in [6.07, 6.45) is 4.11. The summed E-state index contributed by atoms with van der Waals surface area (Å²) in [5, 5.41) is 12.2. The Balaban J connectivity index is 1.86. The average molecular weight is 297 g/mol. The standard InChI is InChI=1S/C15H27N3O3/c1-2-5-15(6-3-7-16-15)14(21)18-11-9-17(10-12-18)8-4-13(19)20/h16H,2-12H2,1H3,(H,19,20). The van der Waals surface area contributed by atoms with Crippen molar-refractivity contribution >= 4 is 11.9 Å². The van der Waals surface area contributed by atoms with E-state index in [0.29, 0.717) is 19.6 Å². The third-order valence-electron chi connectivity index (χ3n) is 4.63. The number of hydrogen-bond acceptors (Lipinski definition) is 4. The van der Waals surface area contributed by atoms with Crippen molar-refractivity contribution in [2.24, 2.45) is 0 Å². The van der Waals surface area contributed by atoms with Gasteiger partial charge in [-0.15, -0.1) is 0 Å². The van der Waals surface area contributed by atoms with E-state index in [-0.39, 0.29) is 17.9 Å². The molecule has 0 radical (unpaired) electrons. The van der Waals surface area contributed by atoms with Crippen LogP contribution in [0, 0.1) is 0 Å². The van der Waals surface area contributed by atoms with Gasteiger partial charge in [-0.1, -0.05) is 13.3 Å². The van der Waals surface area contributed by atoms with Gasteiger partial charge in [0.05, 0.1) is 12.0 Å². The van der Waals surface area contributed by atoms with Crippen LogP contribution in [0.25, 0.3) is 0 Å². The molecule has 120 valence electrons. The minimum absolute atomic E-state index is 0.176. The molecule has 2 aliphatic heterocycles. The molecule has 6 nitrogen and oxygen atoms in total. The first-order valence-corrected chi connectivity index (χ1v) is 8.06. The number of nitrogens with one attached hydrogen (secondary N) is 1. The maximum absolute atomic E-state index is 12.8. The Morgan fingerprint density at radius 2 is 1.95 bits per heavy atom. The Morgan fingerprint density at radius 1 is 1.24 bits per heavy atom. The maximum Gasteiger partial charge on any atom is 0.304 e. The van der Waals surface area contributed by atoms with Crippen molar-refractivity contribution < 1.29 is 14.7 Å². The van der Waals surface area contributed by atoms with Gasteiger partial charge in [0.2, 0.25) is 5.91 Å². The number of amides is 1. The molecule has 1 atom stereocenters. The summed E-state index contributed by atoms with van der Waals surface area (Å²) in [7, 11) is 0. The van der Waals surface area contributed by atoms with Gasteiger partial charge in [0.15, 0.2) is 0 Å². The van der Waals surface area contributed by atoms with E-state index in [1.54, 1.807) is 0 Å². The number of piperazine rings is 1. The molecule has 2 aliphatic rings. The lowest BCUT2D eigenvalue weighted by Crippen LogP contribution is -2.59. The fourth-order valence-corrected chi connectivity index (χ4v) is 3.47. The Kier molecular flexibility index (Phi) is 5.58. The van der Waals surface area contributed by atoms with Gasteiger partial charge < -0.3 is 15.3 Å². The first-order valence-electron chi connectivity index (χ1n) is 8.06. The maximum atomic E-state index is 12.8. The van der Waals surface area contributed by atoms with Crippen LogP contribution in [-0.4, -0.2) is 71.6 Å². The molecule has 6 heteroatoms. The molecule has 1 amide bonds. The summed E-state index contributed by atoms with van der Waals surface area (Å²) in [5.41, 5.74) is -0.335. The summed E-state index contributed by atoms with van der Waals surface area (Å²) >= 11 is 0. The predicted octanol–water partition coefficient (Wildman–Crippen LogP) is 0.528. The molecule has 0 spiro atoms. The minimum atomic E-state index is -0.759. The van der Waals surface area contributed by atoms with E-state index in [1.165, 1.54) is 0 Å². The van der Waals surface area contributed by atoms with E-state index in [0.717, 1.165) is 45.3 Å². The highest BCUT2D eigenvalue weighted by molar-refractivity contribution is 5.87. The summed E-state index contributed by atoms with van der Waals surface area (Å²) in [6.45, 7) is 6.62. The highest BCUT2D eigenvalue weighted by Gasteiger charge is 2.42. The number of hydrogen-bond donors (Lipinski definition) is 2. The van der Waals surface area contributed by atoms with E-state index in [4.69, 9.17) is 5.11 Å². The Bertz CT molecular complexity index is 372. The Morgan fingerprint density at radius 3 is 2.48 bits per heavy atom. The Hall–Kier alpha value is -1.14. The zero-order valence-electron chi connectivity index (χ0n) is 12.9. The van der Waals surface area contributed by atoms with Crippen LogP contribution in [0.1, 0.15) is 39.0 Å². The van der Waals surface area contributed by atoms with Gasteiger partial charge in [-0.25, -0.2) is 0 Å². The zero-order valence-corrected chi connectivity index (χ0v) is 12.9. The highest BCUT2D eigenvalue weighted by Crippen LogP contribution is 2.27. The van der Waals surface area contributed by atoms with Crippen LogP contribution in [0.5, 0.6) is 0 Å². The van der Waals surface area contributed by atoms with E-state index in [9.17, 15) is 9.59 Å². The summed E-state index contributed by atoms with van der Waals surface area (Å²) < 4.78 is 0. The second kappa shape index (κ2) is 7.22. The molecule has 2 saturated heterocycles. The van der Waals surface area contributed by atoms with Crippen molar-refractivity contribution in [2.75, 3.05) is 39.3 Å². The smallest absolute Gasteiger partial charge is 0.304 e. The SMILES string of the molecule is CCCC1(C(=O)N2CCN(CCC(=O)O)CC2)CCCN1. The molecule has 0 aromatic heterocycles. The molecule has 21 heavy (non-hydrogen) atoms. The lowest BCUT2D eigenvalue weighted by Gasteiger charge is -2.39. The highest BCUT2D eigenvalue weighted by atomic mass is 16.4. The van der Waals surface area contributed by atoms with Crippen LogP contribution < -0.4 is 5.32 Å². The minimum Gasteiger partial charge on any atom is -0.481 e. The van der Waals surface area contributed by atoms with Crippen LogP contribution in [0.15, 0.2) is 0 Å². The molecular weight excluding hydrogens is 270 g/mol. The van der Waals surface area contributed by atoms with E-state index in [2.05, 4.69) is 17.1 Å². The van der Waals surface area contributed by atoms with E-state index in [1.807, 2.05) is 4.90 Å². The van der Waals surface area contributed by atoms with Crippen molar-refractivity contribution in [3.05, 3.63) is 0 Å². The molecule has 2 fully saturated rings. The quantitative estimate of drug-likeness (QED) is 0.748. The second-order valence-electron chi connectivity index (χ2n) is 6.14. The summed E-state index contributed by atoms with van der Waals surface area (Å²) in [5.74, 6) is -0.509. The van der Waals surface area contributed by atoms with Crippen LogP contribution in [0.4, 0.5) is 0 Å². The molecule has 2 rings (SSSR count). The first kappa shape index (κ1) is 16.2. The number of carboxylic acid groups (broad SMARTS) is 1. The summed E-state index contributed by atoms with van der Waals surface area (Å²) in [4.78, 5) is 27.5. The van der Waals surface area contributed by atoms with Crippen LogP contribution in [0.2, 0.25) is 0 Å². The molecule has 0 saturated carbocycles. The van der Waals surface area contributed by atoms with Crippen molar-refractivity contribution in [3.63, 3.8) is 0 Å². The number of carboxylic acids is 1. The van der Waals surface area contributed by atoms with Crippen molar-refractivity contribution in [1.29, 1.82) is 0 Å². The largest absolute Gasteiger partial charge is 0.481 e. The molecule has 2 N–H and O–H groups in total. The molecule has 0 aromatic carbocycles. The third kappa shape index (κ3) is 3.95. The van der Waals surface area contributed by atoms with E-state index >= 15 is 0 Å². The fraction of sp³-hybridized carbons (Fsp3) is 0.867. The zero-order chi connectivity index (χ0) is 15.3. The molecule has 2 heterocycles. The number of carbonyl (C=O) groups is 2.